The second-order valence-corrected chi connectivity index (χ2v) is 5.08. The Labute approximate surface area is 102 Å². The molecule has 1 unspecified atom stereocenters. The second-order valence-electron chi connectivity index (χ2n) is 5.08. The molecule has 0 aromatic heterocycles. The van der Waals surface area contributed by atoms with Crippen LogP contribution in [0.5, 0.6) is 0 Å². The Morgan fingerprint density at radius 2 is 1.94 bits per heavy atom. The van der Waals surface area contributed by atoms with E-state index in [1.165, 1.54) is 71.1 Å². The lowest BCUT2D eigenvalue weighted by Gasteiger charge is -2.18. The molecule has 0 aromatic rings. The first kappa shape index (κ1) is 14.0. The first-order valence-electron chi connectivity index (χ1n) is 7.32. The first-order valence-corrected chi connectivity index (χ1v) is 7.32. The van der Waals surface area contributed by atoms with Gasteiger partial charge in [-0.05, 0) is 51.9 Å². The summed E-state index contributed by atoms with van der Waals surface area (Å²) in [6.07, 6.45) is 9.61. The normalized spacial score (nSPS) is 23.2. The average molecular weight is 226 g/mol. The second kappa shape index (κ2) is 9.00. The molecule has 0 amide bonds. The highest BCUT2D eigenvalue weighted by Crippen LogP contribution is 2.10. The zero-order chi connectivity index (χ0) is 11.6. The van der Waals surface area contributed by atoms with Gasteiger partial charge in [-0.1, -0.05) is 33.1 Å². The van der Waals surface area contributed by atoms with Gasteiger partial charge in [0.2, 0.25) is 0 Å². The van der Waals surface area contributed by atoms with E-state index in [1.807, 2.05) is 0 Å². The Hall–Kier alpha value is -0.0800. The van der Waals surface area contributed by atoms with Crippen LogP contribution >= 0.6 is 0 Å². The van der Waals surface area contributed by atoms with Crippen LogP contribution < -0.4 is 5.32 Å². The highest BCUT2D eigenvalue weighted by Gasteiger charge is 2.14. The van der Waals surface area contributed by atoms with E-state index in [0.717, 1.165) is 6.04 Å². The number of rotatable bonds is 7. The fourth-order valence-corrected chi connectivity index (χ4v) is 2.53. The van der Waals surface area contributed by atoms with Gasteiger partial charge in [-0.2, -0.15) is 0 Å². The van der Waals surface area contributed by atoms with Crippen molar-refractivity contribution in [2.24, 2.45) is 0 Å². The molecule has 1 N–H and O–H groups in total. The summed E-state index contributed by atoms with van der Waals surface area (Å²) in [5, 5.41) is 3.74. The number of nitrogens with one attached hydrogen (secondary N) is 1. The van der Waals surface area contributed by atoms with Crippen molar-refractivity contribution in [3.8, 4) is 0 Å². The molecule has 1 saturated heterocycles. The van der Waals surface area contributed by atoms with Crippen molar-refractivity contribution >= 4 is 0 Å². The molecule has 0 spiro atoms. The van der Waals surface area contributed by atoms with Crippen LogP contribution in [0.2, 0.25) is 0 Å². The van der Waals surface area contributed by atoms with Crippen molar-refractivity contribution < 1.29 is 0 Å². The molecule has 1 aliphatic rings. The summed E-state index contributed by atoms with van der Waals surface area (Å²) < 4.78 is 0. The summed E-state index contributed by atoms with van der Waals surface area (Å²) in [5.41, 5.74) is 0. The zero-order valence-electron chi connectivity index (χ0n) is 11.3. The molecule has 1 rings (SSSR count). The van der Waals surface area contributed by atoms with Crippen molar-refractivity contribution in [1.29, 1.82) is 0 Å². The molecule has 0 aliphatic carbocycles. The lowest BCUT2D eigenvalue weighted by atomic mass is 10.1. The van der Waals surface area contributed by atoms with Gasteiger partial charge in [-0.15, -0.1) is 0 Å². The molecule has 0 aromatic carbocycles. The Morgan fingerprint density at radius 1 is 1.06 bits per heavy atom. The van der Waals surface area contributed by atoms with Crippen molar-refractivity contribution in [2.75, 3.05) is 26.2 Å². The van der Waals surface area contributed by atoms with Crippen LogP contribution in [0, 0.1) is 0 Å². The van der Waals surface area contributed by atoms with Crippen molar-refractivity contribution in [2.45, 2.75) is 64.8 Å². The van der Waals surface area contributed by atoms with E-state index >= 15 is 0 Å². The smallest absolute Gasteiger partial charge is 0.00797 e. The standard InChI is InChI=1S/C14H30N2/c1-3-5-6-7-11-15-14-9-8-12-16(4-2)13-10-14/h14-15H,3-13H2,1-2H3. The summed E-state index contributed by atoms with van der Waals surface area (Å²) in [6.45, 7) is 9.62. The predicted octanol–water partition coefficient (Wildman–Crippen LogP) is 3.03. The van der Waals surface area contributed by atoms with Crippen molar-refractivity contribution in [3.05, 3.63) is 0 Å². The third kappa shape index (κ3) is 5.86. The number of nitrogens with zero attached hydrogens (tertiary/aromatic N) is 1. The third-order valence-electron chi connectivity index (χ3n) is 3.73. The highest BCUT2D eigenvalue weighted by atomic mass is 15.1. The van der Waals surface area contributed by atoms with Gasteiger partial charge in [0, 0.05) is 6.04 Å². The fraction of sp³-hybridized carbons (Fsp3) is 1.00. The Morgan fingerprint density at radius 3 is 2.69 bits per heavy atom. The maximum atomic E-state index is 3.74. The molecule has 0 radical (unpaired) electrons. The van der Waals surface area contributed by atoms with Crippen LogP contribution in [0.15, 0.2) is 0 Å². The molecule has 1 fully saturated rings. The predicted molar refractivity (Wildman–Crippen MR) is 71.9 cm³/mol. The van der Waals surface area contributed by atoms with Crippen LogP contribution in [-0.4, -0.2) is 37.1 Å². The van der Waals surface area contributed by atoms with Gasteiger partial charge in [0.25, 0.3) is 0 Å². The monoisotopic (exact) mass is 226 g/mol. The van der Waals surface area contributed by atoms with Gasteiger partial charge in [-0.3, -0.25) is 0 Å². The summed E-state index contributed by atoms with van der Waals surface area (Å²) in [5.74, 6) is 0. The number of hydrogen-bond donors (Lipinski definition) is 1. The largest absolute Gasteiger partial charge is 0.314 e. The molecule has 1 heterocycles. The quantitative estimate of drug-likeness (QED) is 0.671. The minimum Gasteiger partial charge on any atom is -0.314 e. The molecule has 0 bridgehead atoms. The first-order chi connectivity index (χ1) is 7.86. The molecular weight excluding hydrogens is 196 g/mol. The molecule has 2 heteroatoms. The molecule has 1 atom stereocenters. The van der Waals surface area contributed by atoms with E-state index in [9.17, 15) is 0 Å². The van der Waals surface area contributed by atoms with Gasteiger partial charge in [0.05, 0.1) is 0 Å². The summed E-state index contributed by atoms with van der Waals surface area (Å²) in [6, 6.07) is 0.790. The van der Waals surface area contributed by atoms with Crippen LogP contribution in [0.25, 0.3) is 0 Å². The topological polar surface area (TPSA) is 15.3 Å². The van der Waals surface area contributed by atoms with Gasteiger partial charge in [0.15, 0.2) is 0 Å². The van der Waals surface area contributed by atoms with E-state index in [1.54, 1.807) is 0 Å². The van der Waals surface area contributed by atoms with Crippen molar-refractivity contribution in [1.82, 2.24) is 10.2 Å². The number of hydrogen-bond acceptors (Lipinski definition) is 2. The molecular formula is C14H30N2. The van der Waals surface area contributed by atoms with E-state index in [4.69, 9.17) is 0 Å². The maximum Gasteiger partial charge on any atom is 0.00797 e. The van der Waals surface area contributed by atoms with Crippen LogP contribution in [-0.2, 0) is 0 Å². The van der Waals surface area contributed by atoms with Gasteiger partial charge < -0.3 is 10.2 Å². The number of unbranched alkanes of at least 4 members (excludes halogenated alkanes) is 3. The van der Waals surface area contributed by atoms with Gasteiger partial charge in [0.1, 0.15) is 0 Å². The minimum atomic E-state index is 0.790. The maximum absolute atomic E-state index is 3.74. The average Bonchev–Trinajstić information content (AvgIpc) is 2.54. The fourth-order valence-electron chi connectivity index (χ4n) is 2.53. The molecule has 16 heavy (non-hydrogen) atoms. The Kier molecular flexibility index (Phi) is 7.87. The van der Waals surface area contributed by atoms with E-state index in [2.05, 4.69) is 24.1 Å². The van der Waals surface area contributed by atoms with Crippen LogP contribution in [0.4, 0.5) is 0 Å². The van der Waals surface area contributed by atoms with Crippen LogP contribution in [0.3, 0.4) is 0 Å². The van der Waals surface area contributed by atoms with Gasteiger partial charge in [-0.25, -0.2) is 0 Å². The Bertz CT molecular complexity index is 159. The summed E-state index contributed by atoms with van der Waals surface area (Å²) in [7, 11) is 0. The molecule has 2 nitrogen and oxygen atoms in total. The zero-order valence-corrected chi connectivity index (χ0v) is 11.3. The molecule has 96 valence electrons. The minimum absolute atomic E-state index is 0.790. The third-order valence-corrected chi connectivity index (χ3v) is 3.73. The summed E-state index contributed by atoms with van der Waals surface area (Å²) in [4.78, 5) is 2.58. The highest BCUT2D eigenvalue weighted by molar-refractivity contribution is 4.74. The lowest BCUT2D eigenvalue weighted by molar-refractivity contribution is 0.297. The van der Waals surface area contributed by atoms with Gasteiger partial charge >= 0.3 is 0 Å². The van der Waals surface area contributed by atoms with Crippen LogP contribution in [0.1, 0.15) is 58.8 Å². The Balaban J connectivity index is 2.03. The van der Waals surface area contributed by atoms with Crippen molar-refractivity contribution in [3.63, 3.8) is 0 Å². The lowest BCUT2D eigenvalue weighted by Crippen LogP contribution is -2.31. The number of likely N-dealkylation sites (tertiary alicyclic amines) is 1. The SMILES string of the molecule is CCCCCCNC1CCCN(CC)CC1. The molecule has 1 aliphatic heterocycles. The van der Waals surface area contributed by atoms with E-state index in [-0.39, 0.29) is 0 Å². The summed E-state index contributed by atoms with van der Waals surface area (Å²) >= 11 is 0. The molecule has 0 saturated carbocycles. The van der Waals surface area contributed by atoms with E-state index < -0.39 is 0 Å². The van der Waals surface area contributed by atoms with E-state index in [0.29, 0.717) is 0 Å².